The summed E-state index contributed by atoms with van der Waals surface area (Å²) in [5, 5.41) is 4.07. The first-order valence-electron chi connectivity index (χ1n) is 11.6. The summed E-state index contributed by atoms with van der Waals surface area (Å²) in [4.78, 5) is 13.6. The summed E-state index contributed by atoms with van der Waals surface area (Å²) < 4.78 is 89.0. The van der Waals surface area contributed by atoms with Crippen molar-refractivity contribution in [1.29, 1.82) is 0 Å². The van der Waals surface area contributed by atoms with Crippen LogP contribution in [0.15, 0.2) is 17.2 Å². The zero-order valence-corrected chi connectivity index (χ0v) is 22.2. The molecule has 36 heavy (non-hydrogen) atoms. The van der Waals surface area contributed by atoms with E-state index < -0.39 is 51.3 Å². The fraction of sp³-hybridized carbons (Fsp3) is 0.565. The van der Waals surface area contributed by atoms with Gasteiger partial charge in [0.2, 0.25) is 5.88 Å². The van der Waals surface area contributed by atoms with E-state index in [1.807, 2.05) is 0 Å². The maximum absolute atomic E-state index is 13.7. The van der Waals surface area contributed by atoms with Crippen LogP contribution in [-0.2, 0) is 31.2 Å². The van der Waals surface area contributed by atoms with E-state index in [1.165, 1.54) is 30.8 Å². The van der Waals surface area contributed by atoms with E-state index in [0.717, 1.165) is 0 Å². The molecule has 0 N–H and O–H groups in total. The summed E-state index contributed by atoms with van der Waals surface area (Å²) in [5.74, 6) is -1.39. The molecule has 1 unspecified atom stereocenters. The summed E-state index contributed by atoms with van der Waals surface area (Å²) >= 11 is 0. The number of aryl methyl sites for hydroxylation is 2. The summed E-state index contributed by atoms with van der Waals surface area (Å²) in [6, 6.07) is 1.41. The Hall–Kier alpha value is -2.38. The van der Waals surface area contributed by atoms with Gasteiger partial charge in [-0.3, -0.25) is 4.79 Å². The van der Waals surface area contributed by atoms with Crippen molar-refractivity contribution in [3.05, 3.63) is 40.1 Å². The molecule has 0 spiro atoms. The van der Waals surface area contributed by atoms with E-state index in [-0.39, 0.29) is 63.1 Å². The number of rotatable bonds is 11. The molecule has 1 aromatic heterocycles. The molecule has 200 valence electrons. The smallest absolute Gasteiger partial charge is 0.310 e. The van der Waals surface area contributed by atoms with Gasteiger partial charge in [0, 0.05) is 17.7 Å². The van der Waals surface area contributed by atoms with Crippen LogP contribution >= 0.6 is 0 Å². The van der Waals surface area contributed by atoms with E-state index in [1.54, 1.807) is 13.8 Å². The summed E-state index contributed by atoms with van der Waals surface area (Å²) in [6.07, 6.45) is -0.825. The lowest BCUT2D eigenvalue weighted by molar-refractivity contribution is -0.0399. The van der Waals surface area contributed by atoms with E-state index in [2.05, 4.69) is 5.10 Å². The number of hydrogen-bond acceptors (Lipinski definition) is 8. The van der Waals surface area contributed by atoms with Crippen LogP contribution in [0.2, 0.25) is 0 Å². The number of benzene rings is 1. The van der Waals surface area contributed by atoms with E-state index in [9.17, 15) is 30.4 Å². The standard InChI is InChI=1S/C23H30F2N2O7S2/c1-5-8-36(31,32)34-23-18(13-26-27(23)6-2)21(28)17-10-14(3)22-20(15(17)4)19(7-9-35(22,29)30)33-16(11-24)12-25/h10,13,16,19H,5-9,11-12H2,1-4H3. The largest absolute Gasteiger partial charge is 0.365 e. The Morgan fingerprint density at radius 2 is 1.89 bits per heavy atom. The van der Waals surface area contributed by atoms with Gasteiger partial charge in [-0.2, -0.15) is 13.5 Å². The van der Waals surface area contributed by atoms with Crippen molar-refractivity contribution in [2.45, 2.75) is 64.2 Å². The molecule has 13 heteroatoms. The van der Waals surface area contributed by atoms with Gasteiger partial charge in [0.1, 0.15) is 25.0 Å². The molecule has 0 radical (unpaired) electrons. The second-order valence-electron chi connectivity index (χ2n) is 8.63. The predicted molar refractivity (Wildman–Crippen MR) is 128 cm³/mol. The van der Waals surface area contributed by atoms with Crippen molar-refractivity contribution in [2.24, 2.45) is 0 Å². The van der Waals surface area contributed by atoms with Crippen LogP contribution in [-0.4, -0.2) is 63.4 Å². The number of aromatic nitrogens is 2. The van der Waals surface area contributed by atoms with Gasteiger partial charge in [-0.25, -0.2) is 21.9 Å². The lowest BCUT2D eigenvalue weighted by Gasteiger charge is -2.31. The van der Waals surface area contributed by atoms with Crippen LogP contribution in [0.5, 0.6) is 5.88 Å². The molecule has 2 heterocycles. The van der Waals surface area contributed by atoms with Crippen molar-refractivity contribution < 1.29 is 39.3 Å². The molecule has 0 saturated carbocycles. The van der Waals surface area contributed by atoms with Gasteiger partial charge < -0.3 is 8.92 Å². The number of ketones is 1. The number of carbonyl (C=O) groups excluding carboxylic acids is 1. The quantitative estimate of drug-likeness (QED) is 0.309. The Morgan fingerprint density at radius 1 is 1.22 bits per heavy atom. The minimum absolute atomic E-state index is 0.0180. The molecule has 3 rings (SSSR count). The Balaban J connectivity index is 2.17. The normalized spacial score (nSPS) is 17.2. The number of nitrogens with zero attached hydrogens (tertiary/aromatic N) is 2. The highest BCUT2D eigenvalue weighted by atomic mass is 32.2. The monoisotopic (exact) mass is 548 g/mol. The van der Waals surface area contributed by atoms with Crippen LogP contribution in [0, 0.1) is 13.8 Å². The minimum atomic E-state index is -3.98. The Bertz CT molecular complexity index is 1350. The van der Waals surface area contributed by atoms with E-state index in [4.69, 9.17) is 8.92 Å². The fourth-order valence-electron chi connectivity index (χ4n) is 4.35. The lowest BCUT2D eigenvalue weighted by atomic mass is 9.90. The van der Waals surface area contributed by atoms with Gasteiger partial charge in [-0.1, -0.05) is 6.92 Å². The molecule has 1 aromatic carbocycles. The van der Waals surface area contributed by atoms with Crippen molar-refractivity contribution in [2.75, 3.05) is 24.9 Å². The molecule has 0 amide bonds. The number of ether oxygens (including phenoxy) is 1. The third-order valence-electron chi connectivity index (χ3n) is 5.99. The van der Waals surface area contributed by atoms with Gasteiger partial charge >= 0.3 is 10.1 Å². The Labute approximate surface area is 209 Å². The number of sulfone groups is 1. The van der Waals surface area contributed by atoms with Crippen molar-refractivity contribution >= 4 is 25.7 Å². The van der Waals surface area contributed by atoms with Crippen LogP contribution in [0.1, 0.15) is 65.4 Å². The Kier molecular flexibility index (Phi) is 8.56. The molecule has 1 aliphatic rings. The second kappa shape index (κ2) is 10.9. The van der Waals surface area contributed by atoms with Crippen molar-refractivity contribution in [3.8, 4) is 5.88 Å². The molecule has 1 atom stereocenters. The van der Waals surface area contributed by atoms with E-state index >= 15 is 0 Å². The van der Waals surface area contributed by atoms with Gasteiger partial charge in [0.15, 0.2) is 15.6 Å². The van der Waals surface area contributed by atoms with Crippen LogP contribution < -0.4 is 4.18 Å². The predicted octanol–water partition coefficient (Wildman–Crippen LogP) is 3.41. The minimum Gasteiger partial charge on any atom is -0.365 e. The van der Waals surface area contributed by atoms with Crippen LogP contribution in [0.4, 0.5) is 8.78 Å². The van der Waals surface area contributed by atoms with E-state index in [0.29, 0.717) is 6.42 Å². The molecular weight excluding hydrogens is 518 g/mol. The van der Waals surface area contributed by atoms with Crippen molar-refractivity contribution in [1.82, 2.24) is 9.78 Å². The number of carbonyl (C=O) groups is 1. The third kappa shape index (κ3) is 5.47. The molecule has 1 aliphatic heterocycles. The topological polar surface area (TPSA) is 122 Å². The first-order valence-corrected chi connectivity index (χ1v) is 14.8. The zero-order chi connectivity index (χ0) is 26.8. The highest BCUT2D eigenvalue weighted by Gasteiger charge is 2.37. The zero-order valence-electron chi connectivity index (χ0n) is 20.6. The number of hydrogen-bond donors (Lipinski definition) is 0. The first-order chi connectivity index (χ1) is 16.9. The van der Waals surface area contributed by atoms with Gasteiger partial charge in [-0.05, 0) is 50.8 Å². The maximum atomic E-state index is 13.7. The molecule has 0 aliphatic carbocycles. The molecule has 0 bridgehead atoms. The van der Waals surface area contributed by atoms with Crippen molar-refractivity contribution in [3.63, 3.8) is 0 Å². The molecule has 2 aromatic rings. The number of fused-ring (bicyclic) bond motifs is 1. The SMILES string of the molecule is CCCS(=O)(=O)Oc1c(C(=O)c2cc(C)c3c(c2C)C(OC(CF)CF)CCS3(=O)=O)cnn1CC. The molecule has 0 saturated heterocycles. The fourth-order valence-corrected chi connectivity index (χ4v) is 7.24. The van der Waals surface area contributed by atoms with Gasteiger partial charge in [0.25, 0.3) is 0 Å². The summed E-state index contributed by atoms with van der Waals surface area (Å²) in [6.45, 7) is 4.48. The highest BCUT2D eigenvalue weighted by Crippen LogP contribution is 2.41. The Morgan fingerprint density at radius 3 is 2.47 bits per heavy atom. The molecule has 9 nitrogen and oxygen atoms in total. The average Bonchev–Trinajstić information content (AvgIpc) is 3.21. The number of alkyl halides is 2. The van der Waals surface area contributed by atoms with Crippen LogP contribution in [0.25, 0.3) is 0 Å². The molecule has 0 fully saturated rings. The number of halogens is 2. The third-order valence-corrected chi connectivity index (χ3v) is 9.25. The van der Waals surface area contributed by atoms with Gasteiger partial charge in [-0.15, -0.1) is 0 Å². The van der Waals surface area contributed by atoms with Crippen LogP contribution in [0.3, 0.4) is 0 Å². The van der Waals surface area contributed by atoms with Gasteiger partial charge in [0.05, 0.1) is 28.7 Å². The summed E-state index contributed by atoms with van der Waals surface area (Å²) in [5.41, 5.74) is 0.688. The maximum Gasteiger partial charge on any atom is 0.310 e. The first kappa shape index (κ1) is 28.2. The second-order valence-corrected chi connectivity index (χ2v) is 12.4. The summed E-state index contributed by atoms with van der Waals surface area (Å²) in [7, 11) is -7.71. The molecular formula is C23H30F2N2O7S2. The lowest BCUT2D eigenvalue weighted by Crippen LogP contribution is -2.29. The average molecular weight is 549 g/mol. The highest BCUT2D eigenvalue weighted by molar-refractivity contribution is 7.91.